The van der Waals surface area contributed by atoms with Gasteiger partial charge in [0.15, 0.2) is 0 Å². The molecular weight excluding hydrogens is 262 g/mol. The highest BCUT2D eigenvalue weighted by Crippen LogP contribution is 2.13. The Morgan fingerprint density at radius 1 is 1.14 bits per heavy atom. The van der Waals surface area contributed by atoms with Crippen LogP contribution in [-0.4, -0.2) is 62.3 Å². The van der Waals surface area contributed by atoms with Crippen LogP contribution in [0.1, 0.15) is 18.4 Å². The molecule has 0 spiro atoms. The average molecular weight is 291 g/mol. The Kier molecular flexibility index (Phi) is 7.16. The fourth-order valence-corrected chi connectivity index (χ4v) is 3.05. The van der Waals surface area contributed by atoms with E-state index in [1.54, 1.807) is 7.11 Å². The summed E-state index contributed by atoms with van der Waals surface area (Å²) in [5.41, 5.74) is 7.05. The number of ether oxygens (including phenoxy) is 1. The van der Waals surface area contributed by atoms with E-state index in [4.69, 9.17) is 10.5 Å². The van der Waals surface area contributed by atoms with Gasteiger partial charge < -0.3 is 10.5 Å². The van der Waals surface area contributed by atoms with Crippen molar-refractivity contribution in [2.75, 3.05) is 46.4 Å². The molecule has 0 bridgehead atoms. The summed E-state index contributed by atoms with van der Waals surface area (Å²) in [6.07, 6.45) is 2.22. The zero-order valence-electron chi connectivity index (χ0n) is 13.2. The minimum Gasteiger partial charge on any atom is -0.383 e. The van der Waals surface area contributed by atoms with Gasteiger partial charge in [-0.15, -0.1) is 0 Å². The molecule has 0 radical (unpaired) electrons. The Morgan fingerprint density at radius 3 is 2.48 bits per heavy atom. The van der Waals surface area contributed by atoms with Crippen LogP contribution in [0.25, 0.3) is 0 Å². The molecule has 1 atom stereocenters. The van der Waals surface area contributed by atoms with Crippen LogP contribution >= 0.6 is 0 Å². The molecule has 2 N–H and O–H groups in total. The van der Waals surface area contributed by atoms with Gasteiger partial charge in [-0.2, -0.15) is 0 Å². The zero-order chi connectivity index (χ0) is 14.9. The summed E-state index contributed by atoms with van der Waals surface area (Å²) in [5, 5.41) is 0. The number of hydrogen-bond donors (Lipinski definition) is 1. The number of nitrogens with two attached hydrogens (primary N) is 1. The number of methoxy groups -OCH3 is 1. The predicted molar refractivity (Wildman–Crippen MR) is 87.2 cm³/mol. The first-order valence-electron chi connectivity index (χ1n) is 8.03. The summed E-state index contributed by atoms with van der Waals surface area (Å²) in [4.78, 5) is 5.11. The number of piperazine rings is 1. The van der Waals surface area contributed by atoms with E-state index in [2.05, 4.69) is 40.1 Å². The number of benzene rings is 1. The lowest BCUT2D eigenvalue weighted by atomic mass is 10.1. The van der Waals surface area contributed by atoms with E-state index >= 15 is 0 Å². The summed E-state index contributed by atoms with van der Waals surface area (Å²) in [6.45, 7) is 7.19. The van der Waals surface area contributed by atoms with Crippen LogP contribution in [0, 0.1) is 0 Å². The molecule has 1 aromatic carbocycles. The van der Waals surface area contributed by atoms with E-state index in [0.29, 0.717) is 6.04 Å². The second-order valence-corrected chi connectivity index (χ2v) is 5.84. The highest BCUT2D eigenvalue weighted by Gasteiger charge is 2.23. The van der Waals surface area contributed by atoms with Gasteiger partial charge in [-0.1, -0.05) is 30.3 Å². The van der Waals surface area contributed by atoms with Crippen molar-refractivity contribution in [3.63, 3.8) is 0 Å². The fourth-order valence-electron chi connectivity index (χ4n) is 3.05. The Bertz CT molecular complexity index is 377. The van der Waals surface area contributed by atoms with Crippen LogP contribution in [0.3, 0.4) is 0 Å². The highest BCUT2D eigenvalue weighted by atomic mass is 16.5. The number of nitrogens with zero attached hydrogens (tertiary/aromatic N) is 2. The molecule has 2 rings (SSSR count). The molecule has 1 aliphatic rings. The van der Waals surface area contributed by atoms with E-state index in [1.807, 2.05) is 0 Å². The van der Waals surface area contributed by atoms with Crippen LogP contribution in [-0.2, 0) is 11.3 Å². The Labute approximate surface area is 128 Å². The van der Waals surface area contributed by atoms with Gasteiger partial charge in [-0.3, -0.25) is 9.80 Å². The maximum Gasteiger partial charge on any atom is 0.0618 e. The molecule has 118 valence electrons. The van der Waals surface area contributed by atoms with Gasteiger partial charge in [0.2, 0.25) is 0 Å². The Morgan fingerprint density at radius 2 is 1.86 bits per heavy atom. The molecule has 0 aliphatic carbocycles. The van der Waals surface area contributed by atoms with E-state index in [1.165, 1.54) is 5.56 Å². The third-order valence-corrected chi connectivity index (χ3v) is 4.27. The van der Waals surface area contributed by atoms with Gasteiger partial charge in [0.05, 0.1) is 6.61 Å². The summed E-state index contributed by atoms with van der Waals surface area (Å²) in [5.74, 6) is 0. The van der Waals surface area contributed by atoms with Crippen molar-refractivity contribution in [2.45, 2.75) is 25.4 Å². The third kappa shape index (κ3) is 5.40. The van der Waals surface area contributed by atoms with E-state index in [-0.39, 0.29) is 0 Å². The summed E-state index contributed by atoms with van der Waals surface area (Å²) in [7, 11) is 1.79. The van der Waals surface area contributed by atoms with Crippen LogP contribution in [0.4, 0.5) is 0 Å². The Balaban J connectivity index is 1.78. The molecule has 0 amide bonds. The number of rotatable bonds is 8. The molecule has 0 saturated carbocycles. The molecule has 0 aromatic heterocycles. The minimum absolute atomic E-state index is 0.525. The summed E-state index contributed by atoms with van der Waals surface area (Å²) in [6, 6.07) is 11.3. The minimum atomic E-state index is 0.525. The SMILES string of the molecule is COCC(CCCN)N1CCN(Cc2ccccc2)CC1. The molecule has 21 heavy (non-hydrogen) atoms. The largest absolute Gasteiger partial charge is 0.383 e. The smallest absolute Gasteiger partial charge is 0.0618 e. The number of hydrogen-bond acceptors (Lipinski definition) is 4. The molecule has 1 aromatic rings. The normalized spacial score (nSPS) is 18.8. The van der Waals surface area contributed by atoms with E-state index < -0.39 is 0 Å². The molecule has 1 heterocycles. The lowest BCUT2D eigenvalue weighted by molar-refractivity contribution is 0.0431. The topological polar surface area (TPSA) is 41.7 Å². The van der Waals surface area contributed by atoms with Crippen LogP contribution in [0.5, 0.6) is 0 Å². The van der Waals surface area contributed by atoms with Crippen molar-refractivity contribution in [3.8, 4) is 0 Å². The van der Waals surface area contributed by atoms with Gasteiger partial charge in [0, 0.05) is 45.9 Å². The standard InChI is InChI=1S/C17H29N3O/c1-21-15-17(8-5-9-18)20-12-10-19(11-13-20)14-16-6-3-2-4-7-16/h2-4,6-7,17H,5,8-15,18H2,1H3. The van der Waals surface area contributed by atoms with E-state index in [0.717, 1.165) is 58.7 Å². The monoisotopic (exact) mass is 291 g/mol. The van der Waals surface area contributed by atoms with E-state index in [9.17, 15) is 0 Å². The third-order valence-electron chi connectivity index (χ3n) is 4.27. The summed E-state index contributed by atoms with van der Waals surface area (Å²) < 4.78 is 5.38. The van der Waals surface area contributed by atoms with Gasteiger partial charge >= 0.3 is 0 Å². The van der Waals surface area contributed by atoms with Crippen LogP contribution < -0.4 is 5.73 Å². The van der Waals surface area contributed by atoms with Crippen molar-refractivity contribution in [1.29, 1.82) is 0 Å². The average Bonchev–Trinajstić information content (AvgIpc) is 2.53. The van der Waals surface area contributed by atoms with Crippen molar-refractivity contribution in [1.82, 2.24) is 9.80 Å². The molecule has 4 heteroatoms. The maximum atomic E-state index is 5.64. The molecule has 4 nitrogen and oxygen atoms in total. The second-order valence-electron chi connectivity index (χ2n) is 5.84. The first-order valence-corrected chi connectivity index (χ1v) is 8.03. The van der Waals surface area contributed by atoms with Gasteiger partial charge in [0.25, 0.3) is 0 Å². The molecule has 1 aliphatic heterocycles. The molecule has 1 saturated heterocycles. The van der Waals surface area contributed by atoms with Crippen molar-refractivity contribution < 1.29 is 4.74 Å². The van der Waals surface area contributed by atoms with Gasteiger partial charge in [0.1, 0.15) is 0 Å². The zero-order valence-corrected chi connectivity index (χ0v) is 13.2. The first-order chi connectivity index (χ1) is 10.3. The Hall–Kier alpha value is -0.940. The molecule has 1 unspecified atom stereocenters. The summed E-state index contributed by atoms with van der Waals surface area (Å²) >= 11 is 0. The van der Waals surface area contributed by atoms with Gasteiger partial charge in [-0.25, -0.2) is 0 Å². The first kappa shape index (κ1) is 16.4. The highest BCUT2D eigenvalue weighted by molar-refractivity contribution is 5.14. The van der Waals surface area contributed by atoms with Crippen LogP contribution in [0.15, 0.2) is 30.3 Å². The van der Waals surface area contributed by atoms with Crippen molar-refractivity contribution >= 4 is 0 Å². The van der Waals surface area contributed by atoms with Crippen LogP contribution in [0.2, 0.25) is 0 Å². The van der Waals surface area contributed by atoms with Crippen molar-refractivity contribution in [2.24, 2.45) is 5.73 Å². The second kappa shape index (κ2) is 9.15. The van der Waals surface area contributed by atoms with Gasteiger partial charge in [-0.05, 0) is 24.9 Å². The maximum absolute atomic E-state index is 5.64. The fraction of sp³-hybridized carbons (Fsp3) is 0.647. The molecular formula is C17H29N3O. The lowest BCUT2D eigenvalue weighted by Gasteiger charge is -2.39. The predicted octanol–water partition coefficient (Wildman–Crippen LogP) is 1.56. The van der Waals surface area contributed by atoms with Crippen molar-refractivity contribution in [3.05, 3.63) is 35.9 Å². The lowest BCUT2D eigenvalue weighted by Crippen LogP contribution is -2.51. The molecule has 1 fully saturated rings. The quantitative estimate of drug-likeness (QED) is 0.789.